The van der Waals surface area contributed by atoms with E-state index in [0.29, 0.717) is 31.5 Å². The number of amides is 1. The Balaban J connectivity index is 2.59. The van der Waals surface area contributed by atoms with Crippen LogP contribution < -0.4 is 5.73 Å². The topological polar surface area (TPSA) is 58.8 Å². The van der Waals surface area contributed by atoms with Gasteiger partial charge in [0.05, 0.1) is 6.61 Å². The molecule has 0 aromatic carbocycles. The minimum Gasteiger partial charge on any atom is -0.383 e. The molecule has 2 unspecified atom stereocenters. The molecule has 2 atom stereocenters. The first-order valence-corrected chi connectivity index (χ1v) is 8.22. The Bertz CT molecular complexity index is 297. The lowest BCUT2D eigenvalue weighted by molar-refractivity contribution is -0.139. The summed E-state index contributed by atoms with van der Waals surface area (Å²) in [7, 11) is 5.81. The molecule has 1 rings (SSSR count). The number of hydrogen-bond donors (Lipinski definition) is 1. The zero-order chi connectivity index (χ0) is 15.7. The van der Waals surface area contributed by atoms with Crippen molar-refractivity contribution >= 4 is 5.91 Å². The quantitative estimate of drug-likeness (QED) is 0.694. The molecule has 0 aliphatic heterocycles. The van der Waals surface area contributed by atoms with Crippen LogP contribution in [0.4, 0.5) is 0 Å². The monoisotopic (exact) mass is 299 g/mol. The highest BCUT2D eigenvalue weighted by Gasteiger charge is 2.32. The fourth-order valence-electron chi connectivity index (χ4n) is 3.16. The third-order valence-corrected chi connectivity index (χ3v) is 4.44. The fraction of sp³-hybridized carbons (Fsp3) is 0.938. The van der Waals surface area contributed by atoms with Gasteiger partial charge >= 0.3 is 0 Å². The summed E-state index contributed by atoms with van der Waals surface area (Å²) in [6.07, 6.45) is 5.47. The van der Waals surface area contributed by atoms with Crippen molar-refractivity contribution in [3.8, 4) is 0 Å². The lowest BCUT2D eigenvalue weighted by atomic mass is 9.78. The van der Waals surface area contributed by atoms with Crippen LogP contribution in [0.3, 0.4) is 0 Å². The minimum atomic E-state index is 0.125. The van der Waals surface area contributed by atoms with Crippen LogP contribution in [0.15, 0.2) is 0 Å². The van der Waals surface area contributed by atoms with Gasteiger partial charge in [-0.2, -0.15) is 0 Å². The second-order valence-electron chi connectivity index (χ2n) is 6.36. The minimum absolute atomic E-state index is 0.125. The molecule has 0 aromatic heterocycles. The van der Waals surface area contributed by atoms with Crippen LogP contribution in [0.5, 0.6) is 0 Å². The van der Waals surface area contributed by atoms with Crippen molar-refractivity contribution in [2.45, 2.75) is 32.1 Å². The van der Waals surface area contributed by atoms with E-state index >= 15 is 0 Å². The Morgan fingerprint density at radius 1 is 1.19 bits per heavy atom. The smallest absolute Gasteiger partial charge is 0.226 e. The Morgan fingerprint density at radius 2 is 1.90 bits per heavy atom. The number of hydrogen-bond acceptors (Lipinski definition) is 4. The van der Waals surface area contributed by atoms with E-state index in [0.717, 1.165) is 38.8 Å². The molecule has 0 bridgehead atoms. The van der Waals surface area contributed by atoms with Gasteiger partial charge in [0.1, 0.15) is 0 Å². The lowest BCUT2D eigenvalue weighted by Crippen LogP contribution is -2.44. The summed E-state index contributed by atoms with van der Waals surface area (Å²) in [6, 6.07) is 0. The van der Waals surface area contributed by atoms with Crippen LogP contribution >= 0.6 is 0 Å². The number of ether oxygens (including phenoxy) is 1. The summed E-state index contributed by atoms with van der Waals surface area (Å²) >= 11 is 0. The molecule has 1 amide bonds. The molecule has 0 aromatic rings. The van der Waals surface area contributed by atoms with Gasteiger partial charge in [-0.3, -0.25) is 4.79 Å². The summed E-state index contributed by atoms with van der Waals surface area (Å²) in [6.45, 7) is 3.74. The predicted molar refractivity (Wildman–Crippen MR) is 86.1 cm³/mol. The second-order valence-corrected chi connectivity index (χ2v) is 6.36. The van der Waals surface area contributed by atoms with Crippen molar-refractivity contribution in [2.75, 3.05) is 54.0 Å². The van der Waals surface area contributed by atoms with E-state index in [1.165, 1.54) is 6.42 Å². The third-order valence-electron chi connectivity index (χ3n) is 4.44. The highest BCUT2D eigenvalue weighted by Crippen LogP contribution is 2.30. The van der Waals surface area contributed by atoms with E-state index in [4.69, 9.17) is 10.5 Å². The maximum Gasteiger partial charge on any atom is 0.226 e. The zero-order valence-corrected chi connectivity index (χ0v) is 14.0. The van der Waals surface area contributed by atoms with Gasteiger partial charge in [-0.05, 0) is 52.4 Å². The van der Waals surface area contributed by atoms with E-state index in [1.807, 2.05) is 4.90 Å². The molecule has 124 valence electrons. The zero-order valence-electron chi connectivity index (χ0n) is 14.0. The van der Waals surface area contributed by atoms with Crippen LogP contribution in [0.1, 0.15) is 32.1 Å². The largest absolute Gasteiger partial charge is 0.383 e. The molecule has 5 nitrogen and oxygen atoms in total. The van der Waals surface area contributed by atoms with Gasteiger partial charge < -0.3 is 20.3 Å². The normalized spacial score (nSPS) is 22.5. The van der Waals surface area contributed by atoms with E-state index in [-0.39, 0.29) is 5.92 Å². The van der Waals surface area contributed by atoms with Gasteiger partial charge in [0.25, 0.3) is 0 Å². The molecule has 1 saturated carbocycles. The van der Waals surface area contributed by atoms with Crippen LogP contribution in [-0.4, -0.2) is 69.7 Å². The van der Waals surface area contributed by atoms with Crippen LogP contribution in [0.25, 0.3) is 0 Å². The standard InChI is InChI=1S/C16H33N3O2/c1-18(2)9-6-10-19(11-12-21-3)16(20)15-8-5-4-7-14(15)13-17/h14-15H,4-13,17H2,1-3H3. The van der Waals surface area contributed by atoms with Crippen molar-refractivity contribution in [3.63, 3.8) is 0 Å². The number of carbonyl (C=O) groups is 1. The molecule has 21 heavy (non-hydrogen) atoms. The SMILES string of the molecule is COCCN(CCCN(C)C)C(=O)C1CCCCC1CN. The first-order chi connectivity index (χ1) is 10.1. The second kappa shape index (κ2) is 10.1. The van der Waals surface area contributed by atoms with Crippen molar-refractivity contribution < 1.29 is 9.53 Å². The molecule has 1 aliphatic carbocycles. The van der Waals surface area contributed by atoms with Gasteiger partial charge in [-0.25, -0.2) is 0 Å². The molecule has 0 spiro atoms. The Morgan fingerprint density at radius 3 is 2.52 bits per heavy atom. The van der Waals surface area contributed by atoms with Crippen LogP contribution in [0.2, 0.25) is 0 Å². The first-order valence-electron chi connectivity index (χ1n) is 8.22. The number of methoxy groups -OCH3 is 1. The number of rotatable bonds is 9. The van der Waals surface area contributed by atoms with Crippen molar-refractivity contribution in [3.05, 3.63) is 0 Å². The van der Waals surface area contributed by atoms with Crippen molar-refractivity contribution in [1.29, 1.82) is 0 Å². The Kier molecular flexibility index (Phi) is 8.88. The van der Waals surface area contributed by atoms with E-state index in [1.54, 1.807) is 7.11 Å². The van der Waals surface area contributed by atoms with Crippen molar-refractivity contribution in [2.24, 2.45) is 17.6 Å². The summed E-state index contributed by atoms with van der Waals surface area (Å²) in [4.78, 5) is 17.0. The number of carbonyl (C=O) groups excluding carboxylic acids is 1. The summed E-state index contributed by atoms with van der Waals surface area (Å²) < 4.78 is 5.16. The summed E-state index contributed by atoms with van der Waals surface area (Å²) in [5.74, 6) is 0.783. The summed E-state index contributed by atoms with van der Waals surface area (Å²) in [5.41, 5.74) is 5.87. The highest BCUT2D eigenvalue weighted by atomic mass is 16.5. The number of nitrogens with two attached hydrogens (primary N) is 1. The van der Waals surface area contributed by atoms with Crippen LogP contribution in [-0.2, 0) is 9.53 Å². The van der Waals surface area contributed by atoms with Gasteiger partial charge in [-0.1, -0.05) is 12.8 Å². The maximum atomic E-state index is 12.9. The van der Waals surface area contributed by atoms with E-state index < -0.39 is 0 Å². The molecule has 5 heteroatoms. The fourth-order valence-corrected chi connectivity index (χ4v) is 3.16. The maximum absolute atomic E-state index is 12.9. The molecular weight excluding hydrogens is 266 g/mol. The molecular formula is C16H33N3O2. The molecule has 2 N–H and O–H groups in total. The molecule has 1 aliphatic rings. The van der Waals surface area contributed by atoms with Gasteiger partial charge in [0.15, 0.2) is 0 Å². The van der Waals surface area contributed by atoms with Gasteiger partial charge in [0.2, 0.25) is 5.91 Å². The molecule has 1 fully saturated rings. The lowest BCUT2D eigenvalue weighted by Gasteiger charge is -2.34. The molecule has 0 heterocycles. The third kappa shape index (κ3) is 6.32. The van der Waals surface area contributed by atoms with Crippen LogP contribution in [0, 0.1) is 11.8 Å². The average Bonchev–Trinajstić information content (AvgIpc) is 2.49. The highest BCUT2D eigenvalue weighted by molar-refractivity contribution is 5.79. The van der Waals surface area contributed by atoms with Gasteiger partial charge in [0, 0.05) is 26.1 Å². The average molecular weight is 299 g/mol. The van der Waals surface area contributed by atoms with Crippen molar-refractivity contribution in [1.82, 2.24) is 9.80 Å². The van der Waals surface area contributed by atoms with Gasteiger partial charge in [-0.15, -0.1) is 0 Å². The first kappa shape index (κ1) is 18.4. The van der Waals surface area contributed by atoms with E-state index in [9.17, 15) is 4.79 Å². The number of nitrogens with zero attached hydrogens (tertiary/aromatic N) is 2. The summed E-state index contributed by atoms with van der Waals surface area (Å²) in [5, 5.41) is 0. The Hall–Kier alpha value is -0.650. The predicted octanol–water partition coefficient (Wildman–Crippen LogP) is 1.18. The molecule has 0 radical (unpaired) electrons. The van der Waals surface area contributed by atoms with E-state index in [2.05, 4.69) is 19.0 Å². The Labute approximate surface area is 129 Å². The molecule has 0 saturated heterocycles.